The molecule has 0 radical (unpaired) electrons. The fourth-order valence-corrected chi connectivity index (χ4v) is 2.18. The third-order valence-corrected chi connectivity index (χ3v) is 3.69. The van der Waals surface area contributed by atoms with Gasteiger partial charge in [-0.3, -0.25) is 0 Å². The predicted octanol–water partition coefficient (Wildman–Crippen LogP) is 3.07. The van der Waals surface area contributed by atoms with E-state index in [1.165, 1.54) is 10.8 Å². The van der Waals surface area contributed by atoms with Gasteiger partial charge in [-0.2, -0.15) is 0 Å². The molecule has 0 aliphatic heterocycles. The minimum Gasteiger partial charge on any atom is -0.479 e. The molecule has 0 aliphatic rings. The molecule has 0 aliphatic carbocycles. The molecule has 100 valence electrons. The summed E-state index contributed by atoms with van der Waals surface area (Å²) in [5.74, 6) is -0.686. The summed E-state index contributed by atoms with van der Waals surface area (Å²) in [5.41, 5.74) is 0.675. The van der Waals surface area contributed by atoms with Crippen LogP contribution in [0.5, 0.6) is 0 Å². The Kier molecular flexibility index (Phi) is 4.11. The van der Waals surface area contributed by atoms with Crippen LogP contribution in [0.4, 0.5) is 5.69 Å². The van der Waals surface area contributed by atoms with Crippen LogP contribution in [0.15, 0.2) is 34.9 Å². The number of aliphatic carboxylic acids is 1. The molecule has 0 saturated carbocycles. The van der Waals surface area contributed by atoms with Crippen molar-refractivity contribution in [1.29, 1.82) is 0 Å². The Hall–Kier alpha value is -1.53. The van der Waals surface area contributed by atoms with E-state index in [0.717, 1.165) is 4.47 Å². The molecule has 0 fully saturated rings. The molecular weight excluding hydrogens is 334 g/mol. The molecule has 0 bridgehead atoms. The van der Waals surface area contributed by atoms with Crippen molar-refractivity contribution in [3.05, 3.63) is 45.9 Å². The lowest BCUT2D eigenvalue weighted by molar-refractivity contribution is -0.138. The number of aromatic nitrogens is 2. The summed E-state index contributed by atoms with van der Waals surface area (Å²) in [6, 6.07) is 6.30. The van der Waals surface area contributed by atoms with Crippen molar-refractivity contribution in [2.24, 2.45) is 7.05 Å². The monoisotopic (exact) mass is 343 g/mol. The Morgan fingerprint density at radius 3 is 2.74 bits per heavy atom. The van der Waals surface area contributed by atoms with Gasteiger partial charge in [-0.25, -0.2) is 9.78 Å². The Bertz CT molecular complexity index is 615. The molecule has 2 aromatic rings. The Morgan fingerprint density at radius 2 is 2.21 bits per heavy atom. The number of hydrogen-bond donors (Lipinski definition) is 2. The number of benzene rings is 1. The van der Waals surface area contributed by atoms with Crippen molar-refractivity contribution in [3.63, 3.8) is 0 Å². The molecule has 2 N–H and O–H groups in total. The first-order valence-corrected chi connectivity index (χ1v) is 6.58. The molecule has 19 heavy (non-hydrogen) atoms. The van der Waals surface area contributed by atoms with Crippen LogP contribution in [0.1, 0.15) is 11.9 Å². The SMILES string of the molecule is Cn1c(Cl)cnc1C(Nc1ccccc1Br)C(=O)O. The molecule has 5 nitrogen and oxygen atoms in total. The molecule has 7 heteroatoms. The second-order valence-corrected chi connectivity index (χ2v) is 5.14. The standard InChI is InChI=1S/C12H11BrClN3O2/c1-17-9(14)6-15-11(17)10(12(18)19)16-8-5-3-2-4-7(8)13/h2-6,10,16H,1H3,(H,18,19). The van der Waals surface area contributed by atoms with Crippen LogP contribution in [-0.4, -0.2) is 20.6 Å². The van der Waals surface area contributed by atoms with E-state index in [1.54, 1.807) is 13.1 Å². The summed E-state index contributed by atoms with van der Waals surface area (Å²) in [7, 11) is 1.67. The van der Waals surface area contributed by atoms with Gasteiger partial charge in [-0.1, -0.05) is 23.7 Å². The van der Waals surface area contributed by atoms with Gasteiger partial charge < -0.3 is 15.0 Å². The summed E-state index contributed by atoms with van der Waals surface area (Å²) in [5, 5.41) is 12.7. The summed E-state index contributed by atoms with van der Waals surface area (Å²) in [6.07, 6.45) is 1.43. The van der Waals surface area contributed by atoms with Crippen LogP contribution < -0.4 is 5.32 Å². The summed E-state index contributed by atoms with van der Waals surface area (Å²) in [4.78, 5) is 15.4. The van der Waals surface area contributed by atoms with Gasteiger partial charge in [0.15, 0.2) is 6.04 Å². The Morgan fingerprint density at radius 1 is 1.53 bits per heavy atom. The van der Waals surface area contributed by atoms with Gasteiger partial charge in [-0.15, -0.1) is 0 Å². The first kappa shape index (κ1) is 13.9. The van der Waals surface area contributed by atoms with Crippen molar-refractivity contribution in [1.82, 2.24) is 9.55 Å². The fourth-order valence-electron chi connectivity index (χ4n) is 1.64. The van der Waals surface area contributed by atoms with Crippen molar-refractivity contribution < 1.29 is 9.90 Å². The highest BCUT2D eigenvalue weighted by molar-refractivity contribution is 9.10. The van der Waals surface area contributed by atoms with E-state index in [1.807, 2.05) is 18.2 Å². The highest BCUT2D eigenvalue weighted by atomic mass is 79.9. The average Bonchev–Trinajstić information content (AvgIpc) is 2.69. The lowest BCUT2D eigenvalue weighted by Crippen LogP contribution is -2.24. The van der Waals surface area contributed by atoms with Gasteiger partial charge >= 0.3 is 5.97 Å². The number of imidazole rings is 1. The Labute approximate surface area is 123 Å². The van der Waals surface area contributed by atoms with Crippen LogP contribution >= 0.6 is 27.5 Å². The Balaban J connectivity index is 2.35. The molecular formula is C12H11BrClN3O2. The predicted molar refractivity (Wildman–Crippen MR) is 76.4 cm³/mol. The molecule has 0 spiro atoms. The minimum atomic E-state index is -1.03. The lowest BCUT2D eigenvalue weighted by atomic mass is 10.2. The molecule has 1 aromatic carbocycles. The normalized spacial score (nSPS) is 12.2. The van der Waals surface area contributed by atoms with Crippen LogP contribution in [0.25, 0.3) is 0 Å². The molecule has 1 atom stereocenters. The average molecular weight is 345 g/mol. The van der Waals surface area contributed by atoms with E-state index < -0.39 is 12.0 Å². The first-order chi connectivity index (χ1) is 9.00. The van der Waals surface area contributed by atoms with E-state index in [4.69, 9.17) is 11.6 Å². The van der Waals surface area contributed by atoms with Crippen molar-refractivity contribution in [2.75, 3.05) is 5.32 Å². The van der Waals surface area contributed by atoms with Crippen LogP contribution in [0.2, 0.25) is 5.15 Å². The highest BCUT2D eigenvalue weighted by Gasteiger charge is 2.25. The number of carbonyl (C=O) groups is 1. The smallest absolute Gasteiger partial charge is 0.334 e. The number of nitrogens with zero attached hydrogens (tertiary/aromatic N) is 2. The zero-order chi connectivity index (χ0) is 14.0. The summed E-state index contributed by atoms with van der Waals surface area (Å²) in [6.45, 7) is 0. The maximum Gasteiger partial charge on any atom is 0.334 e. The van der Waals surface area contributed by atoms with E-state index in [0.29, 0.717) is 16.7 Å². The van der Waals surface area contributed by atoms with Crippen LogP contribution in [-0.2, 0) is 11.8 Å². The number of hydrogen-bond acceptors (Lipinski definition) is 3. The van der Waals surface area contributed by atoms with Crippen molar-refractivity contribution >= 4 is 39.2 Å². The highest BCUT2D eigenvalue weighted by Crippen LogP contribution is 2.26. The van der Waals surface area contributed by atoms with E-state index >= 15 is 0 Å². The summed E-state index contributed by atoms with van der Waals surface area (Å²) < 4.78 is 2.31. The second kappa shape index (κ2) is 5.63. The largest absolute Gasteiger partial charge is 0.479 e. The number of halogens is 2. The minimum absolute atomic E-state index is 0.341. The van der Waals surface area contributed by atoms with Gasteiger partial charge in [0.05, 0.1) is 6.20 Å². The topological polar surface area (TPSA) is 67.2 Å². The van der Waals surface area contributed by atoms with E-state index in [-0.39, 0.29) is 0 Å². The second-order valence-electron chi connectivity index (χ2n) is 3.89. The van der Waals surface area contributed by atoms with Gasteiger partial charge in [0, 0.05) is 17.2 Å². The third kappa shape index (κ3) is 2.90. The van der Waals surface area contributed by atoms with Gasteiger partial charge in [0.1, 0.15) is 11.0 Å². The molecule has 1 aromatic heterocycles. The fraction of sp³-hybridized carbons (Fsp3) is 0.167. The molecule has 0 saturated heterocycles. The molecule has 0 amide bonds. The number of anilines is 1. The number of nitrogens with one attached hydrogen (secondary N) is 1. The maximum atomic E-state index is 11.4. The molecule has 1 heterocycles. The summed E-state index contributed by atoms with van der Waals surface area (Å²) >= 11 is 9.24. The van der Waals surface area contributed by atoms with Gasteiger partial charge in [-0.05, 0) is 28.1 Å². The van der Waals surface area contributed by atoms with Crippen molar-refractivity contribution in [3.8, 4) is 0 Å². The first-order valence-electron chi connectivity index (χ1n) is 5.41. The quantitative estimate of drug-likeness (QED) is 0.894. The van der Waals surface area contributed by atoms with Crippen LogP contribution in [0, 0.1) is 0 Å². The zero-order valence-corrected chi connectivity index (χ0v) is 12.3. The third-order valence-electron chi connectivity index (χ3n) is 2.65. The lowest BCUT2D eigenvalue weighted by Gasteiger charge is -2.16. The number of rotatable bonds is 4. The molecule has 2 rings (SSSR count). The van der Waals surface area contributed by atoms with E-state index in [2.05, 4.69) is 26.2 Å². The number of para-hydroxylation sites is 1. The zero-order valence-electron chi connectivity index (χ0n) is 9.97. The van der Waals surface area contributed by atoms with Gasteiger partial charge in [0.25, 0.3) is 0 Å². The maximum absolute atomic E-state index is 11.4. The van der Waals surface area contributed by atoms with Gasteiger partial charge in [0.2, 0.25) is 0 Å². The number of carboxylic acids is 1. The van der Waals surface area contributed by atoms with Crippen molar-refractivity contribution in [2.45, 2.75) is 6.04 Å². The number of carboxylic acid groups (broad SMARTS) is 1. The molecule has 1 unspecified atom stereocenters. The van der Waals surface area contributed by atoms with E-state index in [9.17, 15) is 9.90 Å². The van der Waals surface area contributed by atoms with Crippen LogP contribution in [0.3, 0.4) is 0 Å².